The molecule has 0 fully saturated rings. The molecule has 0 saturated heterocycles. The highest BCUT2D eigenvalue weighted by molar-refractivity contribution is 6.34. The summed E-state index contributed by atoms with van der Waals surface area (Å²) < 4.78 is 5.54. The Labute approximate surface area is 216 Å². The van der Waals surface area contributed by atoms with Gasteiger partial charge in [0.25, 0.3) is 5.91 Å². The number of hydrogen-bond donors (Lipinski definition) is 1. The van der Waals surface area contributed by atoms with Crippen molar-refractivity contribution in [2.24, 2.45) is 5.10 Å². The van der Waals surface area contributed by atoms with Gasteiger partial charge in [-0.15, -0.1) is 0 Å². The van der Waals surface area contributed by atoms with Crippen molar-refractivity contribution in [3.05, 3.63) is 105 Å². The molecule has 180 valence electrons. The summed E-state index contributed by atoms with van der Waals surface area (Å²) in [4.78, 5) is 14.6. The molecule has 1 N–H and O–H groups in total. The molecule has 1 unspecified atom stereocenters. The highest BCUT2D eigenvalue weighted by Crippen LogP contribution is 2.50. The van der Waals surface area contributed by atoms with E-state index in [4.69, 9.17) is 27.9 Å². The van der Waals surface area contributed by atoms with E-state index in [-0.39, 0.29) is 5.91 Å². The van der Waals surface area contributed by atoms with Crippen molar-refractivity contribution >= 4 is 41.0 Å². The number of benzene rings is 3. The van der Waals surface area contributed by atoms with Gasteiger partial charge in [-0.3, -0.25) is 4.79 Å². The number of likely N-dealkylation sites (N-methyl/N-ethyl adjacent to an activating group) is 1. The van der Waals surface area contributed by atoms with Crippen LogP contribution in [0.5, 0.6) is 5.75 Å². The van der Waals surface area contributed by atoms with Crippen molar-refractivity contribution < 1.29 is 9.53 Å². The molecule has 3 aromatic carbocycles. The molecule has 1 amide bonds. The summed E-state index contributed by atoms with van der Waals surface area (Å²) in [7, 11) is 1.67. The summed E-state index contributed by atoms with van der Waals surface area (Å²) in [6.45, 7) is 5.07. The number of allylic oxidation sites excluding steroid dienone is 2. The molecule has 7 heteroatoms. The van der Waals surface area contributed by atoms with E-state index < -0.39 is 5.41 Å². The first-order valence-corrected chi connectivity index (χ1v) is 12.1. The molecule has 1 aliphatic rings. The minimum absolute atomic E-state index is 0.261. The quantitative estimate of drug-likeness (QED) is 0.288. The second-order valence-corrected chi connectivity index (χ2v) is 9.42. The summed E-state index contributed by atoms with van der Waals surface area (Å²) in [5, 5.41) is 5.38. The number of halogens is 2. The lowest BCUT2D eigenvalue weighted by molar-refractivity contribution is 0.0955. The fraction of sp³-hybridized carbons (Fsp3) is 0.214. The van der Waals surface area contributed by atoms with Crippen LogP contribution in [-0.4, -0.2) is 25.8 Å². The number of fused-ring (bicyclic) bond motifs is 1. The molecular formula is C28H27Cl2N3O2. The Bertz CT molecular complexity index is 1270. The maximum absolute atomic E-state index is 12.3. The molecule has 0 radical (unpaired) electrons. The molecule has 5 nitrogen and oxygen atoms in total. The van der Waals surface area contributed by atoms with E-state index in [1.54, 1.807) is 31.5 Å². The van der Waals surface area contributed by atoms with Crippen LogP contribution in [0.3, 0.4) is 0 Å². The third kappa shape index (κ3) is 5.21. The minimum atomic E-state index is -0.413. The van der Waals surface area contributed by atoms with Crippen molar-refractivity contribution in [3.63, 3.8) is 0 Å². The summed E-state index contributed by atoms with van der Waals surface area (Å²) >= 11 is 12.6. The largest absolute Gasteiger partial charge is 0.497 e. The molecule has 1 aliphatic heterocycles. The van der Waals surface area contributed by atoms with Crippen molar-refractivity contribution in [1.29, 1.82) is 0 Å². The van der Waals surface area contributed by atoms with Crippen LogP contribution in [0.15, 0.2) is 83.6 Å². The summed E-state index contributed by atoms with van der Waals surface area (Å²) in [5.74, 6) is 0.531. The molecule has 0 aromatic heterocycles. The minimum Gasteiger partial charge on any atom is -0.497 e. The summed E-state index contributed by atoms with van der Waals surface area (Å²) in [5.41, 5.74) is 7.07. The highest BCUT2D eigenvalue weighted by Gasteiger charge is 2.43. The van der Waals surface area contributed by atoms with Gasteiger partial charge in [0.15, 0.2) is 0 Å². The molecule has 0 spiro atoms. The number of hydrogen-bond acceptors (Lipinski definition) is 4. The monoisotopic (exact) mass is 507 g/mol. The van der Waals surface area contributed by atoms with E-state index in [9.17, 15) is 4.79 Å². The Morgan fingerprint density at radius 1 is 1.09 bits per heavy atom. The smallest absolute Gasteiger partial charge is 0.271 e. The van der Waals surface area contributed by atoms with Crippen LogP contribution < -0.4 is 15.1 Å². The molecule has 1 heterocycles. The third-order valence-electron chi connectivity index (χ3n) is 6.25. The molecular weight excluding hydrogens is 481 g/mol. The van der Waals surface area contributed by atoms with Gasteiger partial charge in [-0.1, -0.05) is 41.4 Å². The first-order valence-electron chi connectivity index (χ1n) is 11.4. The zero-order valence-electron chi connectivity index (χ0n) is 19.9. The number of rotatable bonds is 7. The van der Waals surface area contributed by atoms with Crippen molar-refractivity contribution in [3.8, 4) is 5.75 Å². The SMILES string of the molecule is CCN1/C(=C\C=N\NC(=O)c2ccccc2)C(C)(Cc2cc(Cl)cc(Cl)c2)c2cc(OC)ccc21. The number of anilines is 1. The van der Waals surface area contributed by atoms with E-state index in [0.29, 0.717) is 22.0 Å². The molecule has 4 rings (SSSR count). The Morgan fingerprint density at radius 3 is 2.46 bits per heavy atom. The predicted octanol–water partition coefficient (Wildman–Crippen LogP) is 6.64. The van der Waals surface area contributed by atoms with Crippen molar-refractivity contribution in [2.45, 2.75) is 25.7 Å². The van der Waals surface area contributed by atoms with Gasteiger partial charge in [-0.2, -0.15) is 5.10 Å². The first kappa shape index (κ1) is 24.8. The van der Waals surface area contributed by atoms with Crippen LogP contribution in [0, 0.1) is 0 Å². The molecule has 0 saturated carbocycles. The van der Waals surface area contributed by atoms with Crippen LogP contribution in [-0.2, 0) is 11.8 Å². The van der Waals surface area contributed by atoms with Crippen LogP contribution in [0.4, 0.5) is 5.69 Å². The van der Waals surface area contributed by atoms with Gasteiger partial charge in [0.05, 0.1) is 7.11 Å². The summed E-state index contributed by atoms with van der Waals surface area (Å²) in [6, 6.07) is 20.7. The molecule has 35 heavy (non-hydrogen) atoms. The van der Waals surface area contributed by atoms with Gasteiger partial charge in [-0.25, -0.2) is 5.43 Å². The van der Waals surface area contributed by atoms with Crippen LogP contribution in [0.25, 0.3) is 0 Å². The lowest BCUT2D eigenvalue weighted by Crippen LogP contribution is -2.31. The Morgan fingerprint density at radius 2 is 1.80 bits per heavy atom. The number of nitrogens with one attached hydrogen (secondary N) is 1. The van der Waals surface area contributed by atoms with Gasteiger partial charge < -0.3 is 9.64 Å². The van der Waals surface area contributed by atoms with Crippen molar-refractivity contribution in [1.82, 2.24) is 5.43 Å². The third-order valence-corrected chi connectivity index (χ3v) is 6.69. The average molecular weight is 508 g/mol. The number of amides is 1. The average Bonchev–Trinajstić information content (AvgIpc) is 3.07. The maximum Gasteiger partial charge on any atom is 0.271 e. The number of ether oxygens (including phenoxy) is 1. The van der Waals surface area contributed by atoms with Gasteiger partial charge in [-0.05, 0) is 86.0 Å². The van der Waals surface area contributed by atoms with Crippen LogP contribution in [0.1, 0.15) is 35.3 Å². The fourth-order valence-electron chi connectivity index (χ4n) is 4.66. The fourth-order valence-corrected chi connectivity index (χ4v) is 5.24. The first-order chi connectivity index (χ1) is 16.9. The topological polar surface area (TPSA) is 53.9 Å². The Balaban J connectivity index is 1.71. The van der Waals surface area contributed by atoms with Gasteiger partial charge >= 0.3 is 0 Å². The lowest BCUT2D eigenvalue weighted by Gasteiger charge is -2.30. The Kier molecular flexibility index (Phi) is 7.48. The van der Waals surface area contributed by atoms with Crippen LogP contribution in [0.2, 0.25) is 10.0 Å². The predicted molar refractivity (Wildman–Crippen MR) is 144 cm³/mol. The zero-order chi connectivity index (χ0) is 25.0. The van der Waals surface area contributed by atoms with Gasteiger partial charge in [0, 0.05) is 45.2 Å². The van der Waals surface area contributed by atoms with Crippen LogP contribution >= 0.6 is 23.2 Å². The lowest BCUT2D eigenvalue weighted by atomic mass is 9.76. The number of methoxy groups -OCH3 is 1. The van der Waals surface area contributed by atoms with Gasteiger partial charge in [0.1, 0.15) is 5.75 Å². The van der Waals surface area contributed by atoms with E-state index >= 15 is 0 Å². The van der Waals surface area contributed by atoms with E-state index in [0.717, 1.165) is 34.8 Å². The number of carbonyl (C=O) groups excluding carboxylic acids is 1. The standard InChI is InChI=1S/C28H27Cl2N3O2/c1-4-33-25-11-10-23(35-3)17-24(25)28(2,18-19-14-21(29)16-22(30)15-19)26(33)12-13-31-32-27(34)20-8-6-5-7-9-20/h5-17H,4,18H2,1-3H3,(H,32,34)/b26-12-,31-13+. The summed E-state index contributed by atoms with van der Waals surface area (Å²) in [6.07, 6.45) is 4.25. The highest BCUT2D eigenvalue weighted by atomic mass is 35.5. The van der Waals surface area contributed by atoms with E-state index in [1.807, 2.05) is 42.5 Å². The second-order valence-electron chi connectivity index (χ2n) is 8.55. The van der Waals surface area contributed by atoms with Gasteiger partial charge in [0.2, 0.25) is 0 Å². The maximum atomic E-state index is 12.3. The number of hydrazone groups is 1. The molecule has 3 aromatic rings. The molecule has 0 bridgehead atoms. The van der Waals surface area contributed by atoms with Crippen molar-refractivity contribution in [2.75, 3.05) is 18.6 Å². The molecule has 1 atom stereocenters. The molecule has 0 aliphatic carbocycles. The Hall–Kier alpha value is -3.28. The normalized spacial score (nSPS) is 18.2. The van der Waals surface area contributed by atoms with E-state index in [2.05, 4.69) is 41.4 Å². The zero-order valence-corrected chi connectivity index (χ0v) is 21.4. The van der Waals surface area contributed by atoms with E-state index in [1.165, 1.54) is 0 Å². The number of nitrogens with zero attached hydrogens (tertiary/aromatic N) is 2. The number of carbonyl (C=O) groups is 1. The second kappa shape index (κ2) is 10.5.